The van der Waals surface area contributed by atoms with Crippen molar-refractivity contribution in [1.29, 1.82) is 0 Å². The zero-order chi connectivity index (χ0) is 15.8. The van der Waals surface area contributed by atoms with E-state index in [-0.39, 0.29) is 23.2 Å². The first kappa shape index (κ1) is 16.3. The summed E-state index contributed by atoms with van der Waals surface area (Å²) in [5, 5.41) is 0. The third kappa shape index (κ3) is 3.42. The molecule has 0 bridgehead atoms. The lowest BCUT2D eigenvalue weighted by atomic mass is 9.75. The van der Waals surface area contributed by atoms with Crippen LogP contribution in [0.4, 0.5) is 0 Å². The molecule has 0 amide bonds. The molecule has 0 aliphatic carbocycles. The van der Waals surface area contributed by atoms with E-state index >= 15 is 0 Å². The van der Waals surface area contributed by atoms with Gasteiger partial charge >= 0.3 is 7.12 Å². The Morgan fingerprint density at radius 3 is 1.90 bits per heavy atom. The quantitative estimate of drug-likeness (QED) is 0.866. The first-order chi connectivity index (χ1) is 9.62. The average Bonchev–Trinajstić information content (AvgIpc) is 2.58. The lowest BCUT2D eigenvalue weighted by Gasteiger charge is -2.32. The Kier molecular flexibility index (Phi) is 4.38. The zero-order valence-corrected chi connectivity index (χ0v) is 13.8. The summed E-state index contributed by atoms with van der Waals surface area (Å²) in [5.74, 6) is 0.522. The van der Waals surface area contributed by atoms with Crippen molar-refractivity contribution < 1.29 is 14.0 Å². The first-order valence-corrected chi connectivity index (χ1v) is 7.50. The molecule has 0 radical (unpaired) electrons. The molecule has 2 rings (SSSR count). The van der Waals surface area contributed by atoms with Crippen LogP contribution in [0.5, 0.6) is 5.75 Å². The summed E-state index contributed by atoms with van der Waals surface area (Å²) < 4.78 is 17.6. The van der Waals surface area contributed by atoms with Crippen molar-refractivity contribution in [3.8, 4) is 5.75 Å². The molecule has 0 spiro atoms. The molecule has 1 fully saturated rings. The minimum absolute atomic E-state index is 0.160. The fraction of sp³-hybridized carbons (Fsp3) is 0.625. The maximum absolute atomic E-state index is 6.30. The van der Waals surface area contributed by atoms with Crippen LogP contribution < -0.4 is 10.5 Å². The molecule has 5 heteroatoms. The third-order valence-corrected chi connectivity index (χ3v) is 4.20. The van der Waals surface area contributed by atoms with E-state index < -0.39 is 7.12 Å². The summed E-state index contributed by atoms with van der Waals surface area (Å²) in [6.07, 6.45) is 0.160. The van der Waals surface area contributed by atoms with Crippen molar-refractivity contribution in [2.45, 2.75) is 64.8 Å². The van der Waals surface area contributed by atoms with E-state index in [1.54, 1.807) is 0 Å². The normalized spacial score (nSPS) is 21.6. The molecule has 116 valence electrons. The second-order valence-corrected chi connectivity index (χ2v) is 6.89. The number of rotatable bonds is 4. The fourth-order valence-electron chi connectivity index (χ4n) is 2.23. The second-order valence-electron chi connectivity index (χ2n) is 6.89. The minimum atomic E-state index is -0.438. The summed E-state index contributed by atoms with van der Waals surface area (Å²) in [4.78, 5) is 0. The SMILES string of the molecule is CC(C)Oc1ccc([C@@H](N)B2OC(C)(C)C(C)(C)O2)cc1. The molecule has 1 aromatic carbocycles. The largest absolute Gasteiger partial charge is 0.491 e. The molecule has 1 saturated heterocycles. The zero-order valence-electron chi connectivity index (χ0n) is 13.8. The lowest BCUT2D eigenvalue weighted by Crippen LogP contribution is -2.41. The van der Waals surface area contributed by atoms with E-state index in [0.29, 0.717) is 0 Å². The molecule has 21 heavy (non-hydrogen) atoms. The van der Waals surface area contributed by atoms with Crippen LogP contribution in [-0.2, 0) is 9.31 Å². The lowest BCUT2D eigenvalue weighted by molar-refractivity contribution is 0.00578. The van der Waals surface area contributed by atoms with Gasteiger partial charge in [-0.15, -0.1) is 0 Å². The predicted octanol–water partition coefficient (Wildman–Crippen LogP) is 3.11. The van der Waals surface area contributed by atoms with E-state index in [1.165, 1.54) is 0 Å². The monoisotopic (exact) mass is 291 g/mol. The third-order valence-electron chi connectivity index (χ3n) is 4.20. The van der Waals surface area contributed by atoms with E-state index in [4.69, 9.17) is 19.8 Å². The summed E-state index contributed by atoms with van der Waals surface area (Å²) >= 11 is 0. The molecule has 1 aromatic rings. The Labute approximate surface area is 128 Å². The number of benzene rings is 1. The highest BCUT2D eigenvalue weighted by atomic mass is 16.7. The van der Waals surface area contributed by atoms with Gasteiger partial charge in [0.25, 0.3) is 0 Å². The first-order valence-electron chi connectivity index (χ1n) is 7.50. The maximum Gasteiger partial charge on any atom is 0.480 e. The van der Waals surface area contributed by atoms with Gasteiger partial charge in [0.15, 0.2) is 0 Å². The van der Waals surface area contributed by atoms with Gasteiger partial charge in [-0.05, 0) is 59.2 Å². The Morgan fingerprint density at radius 2 is 1.48 bits per heavy atom. The van der Waals surface area contributed by atoms with Crippen molar-refractivity contribution in [1.82, 2.24) is 0 Å². The smallest absolute Gasteiger partial charge is 0.480 e. The van der Waals surface area contributed by atoms with Crippen LogP contribution in [-0.4, -0.2) is 24.4 Å². The number of hydrogen-bond acceptors (Lipinski definition) is 4. The molecule has 4 nitrogen and oxygen atoms in total. The van der Waals surface area contributed by atoms with E-state index in [1.807, 2.05) is 65.8 Å². The van der Waals surface area contributed by atoms with Gasteiger partial charge in [-0.1, -0.05) is 12.1 Å². The fourth-order valence-corrected chi connectivity index (χ4v) is 2.23. The molecule has 0 aromatic heterocycles. The Hall–Kier alpha value is -1.04. The van der Waals surface area contributed by atoms with Gasteiger partial charge in [-0.25, -0.2) is 0 Å². The van der Waals surface area contributed by atoms with Crippen molar-refractivity contribution in [3.05, 3.63) is 29.8 Å². The Bertz CT molecular complexity index is 469. The molecule has 2 N–H and O–H groups in total. The number of nitrogens with two attached hydrogens (primary N) is 1. The van der Waals surface area contributed by atoms with Crippen LogP contribution in [0.15, 0.2) is 24.3 Å². The predicted molar refractivity (Wildman–Crippen MR) is 85.2 cm³/mol. The molecule has 1 heterocycles. The van der Waals surface area contributed by atoms with Gasteiger partial charge in [0, 0.05) is 0 Å². The highest BCUT2D eigenvalue weighted by Crippen LogP contribution is 2.39. The number of hydrogen-bond donors (Lipinski definition) is 1. The van der Waals surface area contributed by atoms with Gasteiger partial charge in [0.2, 0.25) is 0 Å². The standard InChI is InChI=1S/C16H26BNO3/c1-11(2)19-13-9-7-12(8-10-13)14(18)17-20-15(3,4)16(5,6)21-17/h7-11,14H,18H2,1-6H3/t14-/m1/s1. The van der Waals surface area contributed by atoms with Crippen LogP contribution in [0.3, 0.4) is 0 Å². The van der Waals surface area contributed by atoms with Crippen molar-refractivity contribution in [3.63, 3.8) is 0 Å². The van der Waals surface area contributed by atoms with Crippen molar-refractivity contribution in [2.75, 3.05) is 0 Å². The minimum Gasteiger partial charge on any atom is -0.491 e. The van der Waals surface area contributed by atoms with Crippen LogP contribution in [0.1, 0.15) is 53.0 Å². The second kappa shape index (κ2) is 5.63. The maximum atomic E-state index is 6.30. The number of ether oxygens (including phenoxy) is 1. The highest BCUT2D eigenvalue weighted by Gasteiger charge is 2.53. The van der Waals surface area contributed by atoms with Crippen LogP contribution in [0.25, 0.3) is 0 Å². The Morgan fingerprint density at radius 1 is 1.00 bits per heavy atom. The van der Waals surface area contributed by atoms with Gasteiger partial charge in [0.05, 0.1) is 23.2 Å². The van der Waals surface area contributed by atoms with Crippen LogP contribution >= 0.6 is 0 Å². The molecule has 0 unspecified atom stereocenters. The van der Waals surface area contributed by atoms with E-state index in [9.17, 15) is 0 Å². The van der Waals surface area contributed by atoms with Crippen LogP contribution in [0, 0.1) is 0 Å². The van der Waals surface area contributed by atoms with Gasteiger partial charge in [0.1, 0.15) is 5.75 Å². The molecule has 1 atom stereocenters. The summed E-state index contributed by atoms with van der Waals surface area (Å²) in [6.45, 7) is 12.1. The molecular weight excluding hydrogens is 265 g/mol. The molecular formula is C16H26BNO3. The molecule has 1 aliphatic heterocycles. The average molecular weight is 291 g/mol. The summed E-state index contributed by atoms with van der Waals surface area (Å²) in [6, 6.07) is 7.79. The van der Waals surface area contributed by atoms with E-state index in [2.05, 4.69) is 0 Å². The Balaban J connectivity index is 2.09. The van der Waals surface area contributed by atoms with Gasteiger partial charge in [-0.3, -0.25) is 0 Å². The van der Waals surface area contributed by atoms with E-state index in [0.717, 1.165) is 11.3 Å². The van der Waals surface area contributed by atoms with Gasteiger partial charge < -0.3 is 19.8 Å². The summed E-state index contributed by atoms with van der Waals surface area (Å²) in [5.41, 5.74) is 6.55. The highest BCUT2D eigenvalue weighted by molar-refractivity contribution is 6.47. The molecule has 0 saturated carbocycles. The summed E-state index contributed by atoms with van der Waals surface area (Å²) in [7, 11) is -0.438. The van der Waals surface area contributed by atoms with Crippen molar-refractivity contribution in [2.24, 2.45) is 5.73 Å². The topological polar surface area (TPSA) is 53.7 Å². The van der Waals surface area contributed by atoms with Crippen molar-refractivity contribution >= 4 is 7.12 Å². The van der Waals surface area contributed by atoms with Gasteiger partial charge in [-0.2, -0.15) is 0 Å². The molecule has 1 aliphatic rings. The van der Waals surface area contributed by atoms with Crippen LogP contribution in [0.2, 0.25) is 0 Å².